The summed E-state index contributed by atoms with van der Waals surface area (Å²) in [6.45, 7) is 0. The summed E-state index contributed by atoms with van der Waals surface area (Å²) in [5.41, 5.74) is 0.825. The Kier molecular flexibility index (Phi) is 4.58. The highest BCUT2D eigenvalue weighted by Crippen LogP contribution is 2.31. The number of aliphatic hydroxyl groups is 1. The lowest BCUT2D eigenvalue weighted by molar-refractivity contribution is 0.0561. The van der Waals surface area contributed by atoms with Crippen LogP contribution in [-0.4, -0.2) is 26.9 Å². The summed E-state index contributed by atoms with van der Waals surface area (Å²) in [6.07, 6.45) is 3.16. The van der Waals surface area contributed by atoms with Gasteiger partial charge in [0.1, 0.15) is 5.60 Å². The number of hydrogen-bond acceptors (Lipinski definition) is 3. The molecule has 132 valence electrons. The number of fused-ring (bicyclic) bond motifs is 1. The lowest BCUT2D eigenvalue weighted by Crippen LogP contribution is -2.39. The van der Waals surface area contributed by atoms with Gasteiger partial charge in [0.2, 0.25) is 0 Å². The van der Waals surface area contributed by atoms with Gasteiger partial charge in [-0.15, -0.1) is 0 Å². The zero-order chi connectivity index (χ0) is 18.0. The van der Waals surface area contributed by atoms with Crippen LogP contribution in [0.25, 0.3) is 10.9 Å². The minimum absolute atomic E-state index is 0.133. The second kappa shape index (κ2) is 7.03. The molecule has 0 radical (unpaired) electrons. The molecule has 1 saturated carbocycles. The van der Waals surface area contributed by atoms with Gasteiger partial charge in [-0.1, -0.05) is 41.6 Å². The van der Waals surface area contributed by atoms with Crippen LogP contribution < -0.4 is 5.32 Å². The highest BCUT2D eigenvalue weighted by molar-refractivity contribution is 6.30. The Bertz CT molecular complexity index is 987. The van der Waals surface area contributed by atoms with Crippen LogP contribution in [0, 0.1) is 11.8 Å². The number of halogens is 1. The van der Waals surface area contributed by atoms with Crippen molar-refractivity contribution < 1.29 is 5.11 Å². The molecule has 1 aliphatic rings. The van der Waals surface area contributed by atoms with Gasteiger partial charge in [0.05, 0.1) is 5.52 Å². The largest absolute Gasteiger partial charge is 0.378 e. The molecule has 4 nitrogen and oxygen atoms in total. The van der Waals surface area contributed by atoms with E-state index in [1.165, 1.54) is 0 Å². The molecule has 2 aromatic carbocycles. The van der Waals surface area contributed by atoms with E-state index in [2.05, 4.69) is 27.4 Å². The molecule has 1 heterocycles. The van der Waals surface area contributed by atoms with Gasteiger partial charge in [-0.05, 0) is 49.6 Å². The quantitative estimate of drug-likeness (QED) is 0.591. The van der Waals surface area contributed by atoms with Crippen LogP contribution in [0.3, 0.4) is 0 Å². The maximum atomic E-state index is 10.9. The zero-order valence-corrected chi connectivity index (χ0v) is 15.1. The Labute approximate surface area is 157 Å². The van der Waals surface area contributed by atoms with Crippen molar-refractivity contribution in [3.63, 3.8) is 0 Å². The van der Waals surface area contributed by atoms with Crippen LogP contribution in [0.2, 0.25) is 5.02 Å². The monoisotopic (exact) mass is 365 g/mol. The first-order valence-corrected chi connectivity index (χ1v) is 9.20. The van der Waals surface area contributed by atoms with Crippen molar-refractivity contribution in [2.24, 2.45) is 0 Å². The van der Waals surface area contributed by atoms with Crippen molar-refractivity contribution in [2.75, 3.05) is 5.32 Å². The molecule has 3 aromatic rings. The third kappa shape index (κ3) is 3.70. The lowest BCUT2D eigenvalue weighted by Gasteiger charge is -2.33. The van der Waals surface area contributed by atoms with Gasteiger partial charge < -0.3 is 10.4 Å². The number of benzene rings is 2. The molecular formula is C21H20ClN3O. The number of nitrogens with zero attached hydrogens (tertiary/aromatic N) is 1. The number of rotatable bonds is 2. The molecule has 1 aromatic heterocycles. The molecule has 0 spiro atoms. The van der Waals surface area contributed by atoms with Crippen molar-refractivity contribution in [3.05, 3.63) is 59.1 Å². The predicted molar refractivity (Wildman–Crippen MR) is 105 cm³/mol. The highest BCUT2D eigenvalue weighted by atomic mass is 35.5. The first-order valence-electron chi connectivity index (χ1n) is 8.82. The van der Waals surface area contributed by atoms with E-state index in [9.17, 15) is 5.11 Å². The summed E-state index contributed by atoms with van der Waals surface area (Å²) in [5, 5.41) is 23.5. The number of anilines is 1. The number of H-pyrrole nitrogens is 1. The normalized spacial score (nSPS) is 22.6. The third-order valence-electron chi connectivity index (χ3n) is 4.80. The van der Waals surface area contributed by atoms with E-state index in [4.69, 9.17) is 11.6 Å². The Morgan fingerprint density at radius 2 is 2.12 bits per heavy atom. The minimum Gasteiger partial charge on any atom is -0.378 e. The molecular weight excluding hydrogens is 346 g/mol. The van der Waals surface area contributed by atoms with Gasteiger partial charge in [-0.2, -0.15) is 5.10 Å². The molecule has 1 fully saturated rings. The number of aromatic nitrogens is 2. The van der Waals surface area contributed by atoms with Crippen molar-refractivity contribution in [3.8, 4) is 11.8 Å². The van der Waals surface area contributed by atoms with Gasteiger partial charge in [-0.3, -0.25) is 5.10 Å². The van der Waals surface area contributed by atoms with E-state index in [-0.39, 0.29) is 6.04 Å². The fourth-order valence-electron chi connectivity index (χ4n) is 3.51. The highest BCUT2D eigenvalue weighted by Gasteiger charge is 2.33. The average molecular weight is 366 g/mol. The molecule has 0 bridgehead atoms. The van der Waals surface area contributed by atoms with Crippen LogP contribution >= 0.6 is 11.6 Å². The summed E-state index contributed by atoms with van der Waals surface area (Å²) in [7, 11) is 0. The second-order valence-corrected chi connectivity index (χ2v) is 7.28. The standard InChI is InChI=1S/C21H20ClN3O/c22-16-6-3-5-15(13-16)10-12-21(26)11-4-7-17(14-21)23-20-18-8-1-2-9-19(18)24-25-20/h1-3,5-6,8-9,13,17,26H,4,7,11,14H2,(H2,23,24,25). The maximum absolute atomic E-state index is 10.9. The van der Waals surface area contributed by atoms with E-state index >= 15 is 0 Å². The van der Waals surface area contributed by atoms with Crippen molar-refractivity contribution in [1.82, 2.24) is 10.2 Å². The summed E-state index contributed by atoms with van der Waals surface area (Å²) >= 11 is 6.00. The topological polar surface area (TPSA) is 60.9 Å². The Morgan fingerprint density at radius 1 is 1.23 bits per heavy atom. The molecule has 1 aliphatic carbocycles. The Morgan fingerprint density at radius 3 is 3.00 bits per heavy atom. The SMILES string of the molecule is OC1(C#Cc2cccc(Cl)c2)CCCC(Nc2n[nH]c3ccccc23)C1. The Hall–Kier alpha value is -2.48. The van der Waals surface area contributed by atoms with Crippen LogP contribution in [0.1, 0.15) is 31.2 Å². The van der Waals surface area contributed by atoms with Gasteiger partial charge in [0, 0.05) is 28.4 Å². The molecule has 0 aliphatic heterocycles. The summed E-state index contributed by atoms with van der Waals surface area (Å²) in [6, 6.07) is 15.5. The van der Waals surface area contributed by atoms with Gasteiger partial charge in [0.15, 0.2) is 5.82 Å². The van der Waals surface area contributed by atoms with Crippen molar-refractivity contribution in [1.29, 1.82) is 0 Å². The molecule has 5 heteroatoms. The van der Waals surface area contributed by atoms with E-state index in [1.54, 1.807) is 0 Å². The molecule has 3 N–H and O–H groups in total. The van der Waals surface area contributed by atoms with Crippen molar-refractivity contribution in [2.45, 2.75) is 37.3 Å². The molecule has 26 heavy (non-hydrogen) atoms. The van der Waals surface area contributed by atoms with E-state index in [1.807, 2.05) is 48.5 Å². The zero-order valence-electron chi connectivity index (χ0n) is 14.3. The van der Waals surface area contributed by atoms with Crippen LogP contribution in [0.4, 0.5) is 5.82 Å². The number of hydrogen-bond donors (Lipinski definition) is 3. The van der Waals surface area contributed by atoms with E-state index in [0.29, 0.717) is 17.9 Å². The predicted octanol–water partition coefficient (Wildman–Crippen LogP) is 4.35. The lowest BCUT2D eigenvalue weighted by atomic mass is 9.82. The van der Waals surface area contributed by atoms with Crippen LogP contribution in [0.15, 0.2) is 48.5 Å². The van der Waals surface area contributed by atoms with Crippen LogP contribution in [0.5, 0.6) is 0 Å². The van der Waals surface area contributed by atoms with Gasteiger partial charge in [0.25, 0.3) is 0 Å². The van der Waals surface area contributed by atoms with Crippen LogP contribution in [-0.2, 0) is 0 Å². The first kappa shape index (κ1) is 17.0. The fourth-order valence-corrected chi connectivity index (χ4v) is 3.70. The smallest absolute Gasteiger partial charge is 0.155 e. The fraction of sp³-hybridized carbons (Fsp3) is 0.286. The van der Waals surface area contributed by atoms with Gasteiger partial charge >= 0.3 is 0 Å². The average Bonchev–Trinajstić information content (AvgIpc) is 3.04. The minimum atomic E-state index is -0.996. The molecule has 4 rings (SSSR count). The number of para-hydroxylation sites is 1. The summed E-state index contributed by atoms with van der Waals surface area (Å²) < 4.78 is 0. The van der Waals surface area contributed by atoms with Gasteiger partial charge in [-0.25, -0.2) is 0 Å². The molecule has 2 unspecified atom stereocenters. The third-order valence-corrected chi connectivity index (χ3v) is 5.04. The number of nitrogens with one attached hydrogen (secondary N) is 2. The van der Waals surface area contributed by atoms with E-state index < -0.39 is 5.60 Å². The maximum Gasteiger partial charge on any atom is 0.155 e. The summed E-state index contributed by atoms with van der Waals surface area (Å²) in [5.74, 6) is 6.97. The van der Waals surface area contributed by atoms with Crippen molar-refractivity contribution >= 4 is 28.3 Å². The van der Waals surface area contributed by atoms with E-state index in [0.717, 1.165) is 35.1 Å². The number of aromatic amines is 1. The summed E-state index contributed by atoms with van der Waals surface area (Å²) in [4.78, 5) is 0. The molecule has 2 atom stereocenters. The Balaban J connectivity index is 1.50. The molecule has 0 saturated heterocycles. The first-order chi connectivity index (χ1) is 12.6. The molecule has 0 amide bonds. The second-order valence-electron chi connectivity index (χ2n) is 6.85.